The minimum Gasteiger partial charge on any atom is -0.268 e. The Morgan fingerprint density at radius 2 is 2.06 bits per heavy atom. The summed E-state index contributed by atoms with van der Waals surface area (Å²) in [7, 11) is 0. The predicted octanol–water partition coefficient (Wildman–Crippen LogP) is 2.59. The van der Waals surface area contributed by atoms with Crippen LogP contribution in [0.3, 0.4) is 0 Å². The number of rotatable bonds is 2. The first-order chi connectivity index (χ1) is 7.69. The van der Waals surface area contributed by atoms with Gasteiger partial charge in [-0.25, -0.2) is 0 Å². The van der Waals surface area contributed by atoms with E-state index in [4.69, 9.17) is 18.0 Å². The van der Waals surface area contributed by atoms with Crippen LogP contribution in [0.4, 0.5) is 0 Å². The number of terminal acetylenes is 1. The van der Waals surface area contributed by atoms with Crippen molar-refractivity contribution in [2.75, 3.05) is 0 Å². The average Bonchev–Trinajstić information content (AvgIpc) is 2.59. The van der Waals surface area contributed by atoms with Crippen molar-refractivity contribution in [3.8, 4) is 12.3 Å². The highest BCUT2D eigenvalue weighted by Gasteiger charge is 2.02. The quantitative estimate of drug-likeness (QED) is 0.750. The van der Waals surface area contributed by atoms with E-state index >= 15 is 0 Å². The molecule has 0 aliphatic carbocycles. The summed E-state index contributed by atoms with van der Waals surface area (Å²) in [5.74, 6) is 2.55. The highest BCUT2D eigenvalue weighted by Crippen LogP contribution is 2.14. The van der Waals surface area contributed by atoms with Crippen LogP contribution in [-0.2, 0) is 6.54 Å². The zero-order valence-electron chi connectivity index (χ0n) is 8.31. The maximum absolute atomic E-state index is 11.4. The SMILES string of the molecule is C#Cc1ccc(Cn2sc(Cl)cc2=O)cc1. The number of nitrogens with zero attached hydrogens (tertiary/aromatic N) is 1. The van der Waals surface area contributed by atoms with E-state index in [9.17, 15) is 4.79 Å². The molecule has 0 unspecified atom stereocenters. The van der Waals surface area contributed by atoms with Crippen LogP contribution in [0.5, 0.6) is 0 Å². The summed E-state index contributed by atoms with van der Waals surface area (Å²) < 4.78 is 2.11. The molecule has 2 aromatic rings. The molecule has 2 rings (SSSR count). The molecule has 80 valence electrons. The fraction of sp³-hybridized carbons (Fsp3) is 0.0833. The first-order valence-electron chi connectivity index (χ1n) is 4.61. The number of aromatic nitrogens is 1. The van der Waals surface area contributed by atoms with E-state index in [0.717, 1.165) is 11.1 Å². The molecular weight excluding hydrogens is 242 g/mol. The zero-order chi connectivity index (χ0) is 11.5. The molecule has 4 heteroatoms. The van der Waals surface area contributed by atoms with Crippen LogP contribution in [0.15, 0.2) is 35.1 Å². The highest BCUT2D eigenvalue weighted by atomic mass is 35.5. The second kappa shape index (κ2) is 4.56. The summed E-state index contributed by atoms with van der Waals surface area (Å²) >= 11 is 7.00. The Morgan fingerprint density at radius 3 is 2.56 bits per heavy atom. The van der Waals surface area contributed by atoms with Gasteiger partial charge in [-0.3, -0.25) is 8.75 Å². The van der Waals surface area contributed by atoms with Gasteiger partial charge in [-0.05, 0) is 29.2 Å². The first-order valence-corrected chi connectivity index (χ1v) is 5.76. The smallest absolute Gasteiger partial charge is 0.262 e. The Morgan fingerprint density at radius 1 is 1.38 bits per heavy atom. The van der Waals surface area contributed by atoms with Gasteiger partial charge >= 0.3 is 0 Å². The van der Waals surface area contributed by atoms with Gasteiger partial charge in [0.1, 0.15) is 4.34 Å². The molecule has 0 saturated carbocycles. The van der Waals surface area contributed by atoms with Crippen LogP contribution >= 0.6 is 23.1 Å². The Labute approximate surface area is 102 Å². The Kier molecular flexibility index (Phi) is 3.14. The van der Waals surface area contributed by atoms with Gasteiger partial charge in [-0.2, -0.15) is 0 Å². The minimum absolute atomic E-state index is 0.0731. The summed E-state index contributed by atoms with van der Waals surface area (Å²) in [6, 6.07) is 8.96. The van der Waals surface area contributed by atoms with Crippen molar-refractivity contribution in [3.63, 3.8) is 0 Å². The largest absolute Gasteiger partial charge is 0.268 e. The van der Waals surface area contributed by atoms with E-state index in [1.807, 2.05) is 24.3 Å². The fourth-order valence-corrected chi connectivity index (χ4v) is 2.39. The number of hydrogen-bond acceptors (Lipinski definition) is 2. The van der Waals surface area contributed by atoms with Gasteiger partial charge < -0.3 is 0 Å². The zero-order valence-corrected chi connectivity index (χ0v) is 9.89. The van der Waals surface area contributed by atoms with E-state index < -0.39 is 0 Å². The number of benzene rings is 1. The number of hydrogen-bond donors (Lipinski definition) is 0. The predicted molar refractivity (Wildman–Crippen MR) is 67.1 cm³/mol. The molecule has 0 bridgehead atoms. The third kappa shape index (κ3) is 2.35. The maximum atomic E-state index is 11.4. The lowest BCUT2D eigenvalue weighted by atomic mass is 10.1. The van der Waals surface area contributed by atoms with Crippen molar-refractivity contribution in [1.29, 1.82) is 0 Å². The molecule has 0 atom stereocenters. The van der Waals surface area contributed by atoms with E-state index in [1.54, 1.807) is 3.96 Å². The van der Waals surface area contributed by atoms with Gasteiger partial charge in [0.15, 0.2) is 0 Å². The number of halogens is 1. The van der Waals surface area contributed by atoms with E-state index in [2.05, 4.69) is 5.92 Å². The molecule has 1 aromatic carbocycles. The van der Waals surface area contributed by atoms with E-state index in [0.29, 0.717) is 10.9 Å². The van der Waals surface area contributed by atoms with E-state index in [1.165, 1.54) is 17.6 Å². The molecule has 0 aliphatic rings. The van der Waals surface area contributed by atoms with Gasteiger partial charge in [-0.1, -0.05) is 29.7 Å². The van der Waals surface area contributed by atoms with Crippen molar-refractivity contribution < 1.29 is 0 Å². The standard InChI is InChI=1S/C12H8ClNOS/c1-2-9-3-5-10(6-4-9)8-14-12(15)7-11(13)16-14/h1,3-7H,8H2. The minimum atomic E-state index is -0.0731. The first kappa shape index (κ1) is 11.0. The van der Waals surface area contributed by atoms with Gasteiger partial charge in [0.25, 0.3) is 5.56 Å². The van der Waals surface area contributed by atoms with Crippen LogP contribution in [0.2, 0.25) is 4.34 Å². The van der Waals surface area contributed by atoms with Crippen molar-refractivity contribution in [3.05, 3.63) is 56.1 Å². The molecule has 1 heterocycles. The molecule has 0 spiro atoms. The molecule has 0 fully saturated rings. The highest BCUT2D eigenvalue weighted by molar-refractivity contribution is 7.11. The molecule has 1 aromatic heterocycles. The molecular formula is C12H8ClNOS. The lowest BCUT2D eigenvalue weighted by Crippen LogP contribution is -2.12. The summed E-state index contributed by atoms with van der Waals surface area (Å²) in [5.41, 5.74) is 1.79. The van der Waals surface area contributed by atoms with Crippen LogP contribution in [0, 0.1) is 12.3 Å². The van der Waals surface area contributed by atoms with Crippen LogP contribution in [0.1, 0.15) is 11.1 Å². The van der Waals surface area contributed by atoms with E-state index in [-0.39, 0.29) is 5.56 Å². The molecule has 2 nitrogen and oxygen atoms in total. The van der Waals surface area contributed by atoms with Crippen LogP contribution < -0.4 is 5.56 Å². The van der Waals surface area contributed by atoms with Crippen LogP contribution in [0.25, 0.3) is 0 Å². The van der Waals surface area contributed by atoms with Crippen molar-refractivity contribution in [2.24, 2.45) is 0 Å². The second-order valence-electron chi connectivity index (χ2n) is 3.26. The van der Waals surface area contributed by atoms with Gasteiger partial charge in [0, 0.05) is 11.6 Å². The third-order valence-corrected chi connectivity index (χ3v) is 3.26. The monoisotopic (exact) mass is 249 g/mol. The summed E-state index contributed by atoms with van der Waals surface area (Å²) in [5, 5.41) is 0. The van der Waals surface area contributed by atoms with Crippen LogP contribution in [-0.4, -0.2) is 3.96 Å². The Bertz CT molecular complexity index is 589. The molecule has 0 aliphatic heterocycles. The Hall–Kier alpha value is -1.50. The lowest BCUT2D eigenvalue weighted by Gasteiger charge is -2.01. The third-order valence-electron chi connectivity index (χ3n) is 2.13. The molecule has 0 N–H and O–H groups in total. The normalized spacial score (nSPS) is 10.0. The lowest BCUT2D eigenvalue weighted by molar-refractivity contribution is 0.849. The molecule has 0 amide bonds. The summed E-state index contributed by atoms with van der Waals surface area (Å²) in [4.78, 5) is 11.4. The summed E-state index contributed by atoms with van der Waals surface area (Å²) in [6.07, 6.45) is 5.26. The van der Waals surface area contributed by atoms with Crippen molar-refractivity contribution >= 4 is 23.1 Å². The molecule has 0 saturated heterocycles. The average molecular weight is 250 g/mol. The topological polar surface area (TPSA) is 22.0 Å². The van der Waals surface area contributed by atoms with Gasteiger partial charge in [0.2, 0.25) is 0 Å². The molecule has 16 heavy (non-hydrogen) atoms. The fourth-order valence-electron chi connectivity index (χ4n) is 1.33. The summed E-state index contributed by atoms with van der Waals surface area (Å²) in [6.45, 7) is 0.529. The maximum Gasteiger partial charge on any atom is 0.262 e. The van der Waals surface area contributed by atoms with Gasteiger partial charge in [0.05, 0.1) is 6.54 Å². The van der Waals surface area contributed by atoms with Crippen molar-refractivity contribution in [1.82, 2.24) is 3.96 Å². The van der Waals surface area contributed by atoms with Crippen molar-refractivity contribution in [2.45, 2.75) is 6.54 Å². The van der Waals surface area contributed by atoms with Gasteiger partial charge in [-0.15, -0.1) is 6.42 Å². The Balaban J connectivity index is 2.24. The molecule has 0 radical (unpaired) electrons. The second-order valence-corrected chi connectivity index (χ2v) is 4.95.